The number of halogens is 4. The van der Waals surface area contributed by atoms with E-state index >= 15 is 4.39 Å². The van der Waals surface area contributed by atoms with Gasteiger partial charge in [0.1, 0.15) is 23.2 Å². The van der Waals surface area contributed by atoms with Gasteiger partial charge in [0.25, 0.3) is 17.7 Å². The second kappa shape index (κ2) is 18.6. The molecule has 2 aromatic heterocycles. The molecule has 4 heterocycles. The third-order valence-corrected chi connectivity index (χ3v) is 10.1. The van der Waals surface area contributed by atoms with Crippen LogP contribution in [0.3, 0.4) is 0 Å². The van der Waals surface area contributed by atoms with Gasteiger partial charge in [-0.1, -0.05) is 12.8 Å². The molecule has 0 spiro atoms. The summed E-state index contributed by atoms with van der Waals surface area (Å²) in [5.74, 6) is -3.60. The number of rotatable bonds is 18. The molecule has 0 saturated carbocycles. The Morgan fingerprint density at radius 3 is 2.47 bits per heavy atom. The highest BCUT2D eigenvalue weighted by Crippen LogP contribution is 2.37. The van der Waals surface area contributed by atoms with Gasteiger partial charge >= 0.3 is 6.18 Å². The molecule has 318 valence electrons. The van der Waals surface area contributed by atoms with Crippen molar-refractivity contribution in [1.29, 1.82) is 0 Å². The zero-order valence-electron chi connectivity index (χ0n) is 32.4. The first-order chi connectivity index (χ1) is 28.5. The molecule has 0 aliphatic carbocycles. The zero-order valence-corrected chi connectivity index (χ0v) is 33.2. The Balaban J connectivity index is 0.875. The van der Waals surface area contributed by atoms with Crippen LogP contribution in [0.25, 0.3) is 11.3 Å². The molecule has 1 saturated heterocycles. The molecule has 0 bridgehead atoms. The Morgan fingerprint density at radius 1 is 1.00 bits per heavy atom. The Labute approximate surface area is 345 Å². The highest BCUT2D eigenvalue weighted by molar-refractivity contribution is 7.97. The number of hydrogen-bond donors (Lipinski definition) is 5. The van der Waals surface area contributed by atoms with E-state index in [0.29, 0.717) is 30.6 Å². The number of fused-ring (bicyclic) bond motifs is 1. The van der Waals surface area contributed by atoms with Gasteiger partial charge in [-0.15, -0.1) is 0 Å². The molecule has 60 heavy (non-hydrogen) atoms. The van der Waals surface area contributed by atoms with Crippen molar-refractivity contribution in [3.05, 3.63) is 77.5 Å². The predicted molar refractivity (Wildman–Crippen MR) is 208 cm³/mol. The van der Waals surface area contributed by atoms with Gasteiger partial charge < -0.3 is 20.5 Å². The molecule has 4 aromatic rings. The van der Waals surface area contributed by atoms with Crippen molar-refractivity contribution >= 4 is 53.1 Å². The maximum absolute atomic E-state index is 15.0. The number of nitrogens with one attached hydrogen (secondary N) is 4. The van der Waals surface area contributed by atoms with E-state index in [1.54, 1.807) is 6.07 Å². The van der Waals surface area contributed by atoms with Crippen molar-refractivity contribution in [3.63, 3.8) is 0 Å². The molecule has 16 nitrogen and oxygen atoms in total. The number of ether oxygens (including phenoxy) is 1. The van der Waals surface area contributed by atoms with E-state index in [1.165, 1.54) is 73.2 Å². The van der Waals surface area contributed by atoms with Crippen LogP contribution < -0.4 is 25.4 Å². The third-order valence-electron chi connectivity index (χ3n) is 9.24. The highest BCUT2D eigenvalue weighted by Gasteiger charge is 2.45. The summed E-state index contributed by atoms with van der Waals surface area (Å²) < 4.78 is 66.5. The number of carbonyl (C=O) groups excluding carboxylic acids is 5. The van der Waals surface area contributed by atoms with Gasteiger partial charge in [0.15, 0.2) is 6.61 Å². The number of alkyl halides is 3. The van der Waals surface area contributed by atoms with Crippen LogP contribution in [0.5, 0.6) is 5.75 Å². The molecule has 6 rings (SSSR count). The number of imide groups is 2. The minimum absolute atomic E-state index is 0.00896. The molecule has 2 aliphatic rings. The lowest BCUT2D eigenvalue weighted by atomic mass is 10.0. The molecule has 5 amide bonds. The quantitative estimate of drug-likeness (QED) is 0.0396. The second-order valence-electron chi connectivity index (χ2n) is 14.7. The van der Waals surface area contributed by atoms with Crippen LogP contribution in [0, 0.1) is 5.82 Å². The van der Waals surface area contributed by atoms with E-state index in [1.807, 2.05) is 0 Å². The van der Waals surface area contributed by atoms with Crippen molar-refractivity contribution < 1.29 is 51.4 Å². The number of hydrogen-bond acceptors (Lipinski definition) is 13. The largest absolute Gasteiger partial charge is 0.484 e. The normalized spacial score (nSPS) is 15.6. The van der Waals surface area contributed by atoms with E-state index in [9.17, 15) is 42.3 Å². The number of nitrogens with zero attached hydrogens (tertiary/aromatic N) is 5. The number of amides is 5. The molecule has 0 radical (unpaired) electrons. The van der Waals surface area contributed by atoms with Gasteiger partial charge in [-0.3, -0.25) is 43.6 Å². The van der Waals surface area contributed by atoms with E-state index in [-0.39, 0.29) is 66.0 Å². The molecule has 21 heteroatoms. The van der Waals surface area contributed by atoms with Crippen LogP contribution in [0.1, 0.15) is 78.7 Å². The Morgan fingerprint density at radius 2 is 1.75 bits per heavy atom. The molecule has 5 N–H and O–H groups in total. The summed E-state index contributed by atoms with van der Waals surface area (Å²) in [5, 5.41) is 21.6. The van der Waals surface area contributed by atoms with Crippen molar-refractivity contribution in [2.75, 3.05) is 25.0 Å². The Bertz CT molecular complexity index is 2280. The number of aliphatic hydroxyl groups is 1. The van der Waals surface area contributed by atoms with Crippen LogP contribution in [0.4, 0.5) is 29.2 Å². The molecule has 2 aliphatic heterocycles. The summed E-state index contributed by atoms with van der Waals surface area (Å²) >= 11 is 1.21. The molecule has 1 fully saturated rings. The summed E-state index contributed by atoms with van der Waals surface area (Å²) in [7, 11) is 0. The van der Waals surface area contributed by atoms with Crippen LogP contribution in [0.15, 0.2) is 59.9 Å². The smallest absolute Gasteiger partial charge is 0.419 e. The minimum atomic E-state index is -4.77. The fourth-order valence-electron chi connectivity index (χ4n) is 6.40. The zero-order chi connectivity index (χ0) is 43.2. The first-order valence-corrected chi connectivity index (χ1v) is 19.7. The van der Waals surface area contributed by atoms with Crippen LogP contribution in [0.2, 0.25) is 0 Å². The van der Waals surface area contributed by atoms with Crippen molar-refractivity contribution in [2.24, 2.45) is 0 Å². The number of piperidine rings is 1. The SMILES string of the molecule is CC(C)(O)Cn1cc(-c2nc(Nc3ccc(SNCCCCCCNC(=O)COc4ccc5c(c4)C(=O)N(C4CCC(=O)NC4=O)C5=O)cc3F)ncc2C(F)(F)F)cn1. The summed E-state index contributed by atoms with van der Waals surface area (Å²) in [6.07, 6.45) is 1.62. The Hall–Kier alpha value is -5.93. The molecular formula is C39H41F4N9O7S. The topological polar surface area (TPSA) is 210 Å². The molecular weight excluding hydrogens is 815 g/mol. The summed E-state index contributed by atoms with van der Waals surface area (Å²) in [6.45, 7) is 3.81. The maximum atomic E-state index is 15.0. The molecule has 1 atom stereocenters. The minimum Gasteiger partial charge on any atom is -0.484 e. The maximum Gasteiger partial charge on any atom is 0.419 e. The first-order valence-electron chi connectivity index (χ1n) is 18.9. The van der Waals surface area contributed by atoms with E-state index in [4.69, 9.17) is 4.74 Å². The molecule has 1 unspecified atom stereocenters. The van der Waals surface area contributed by atoms with Gasteiger partial charge in [0.05, 0.1) is 40.9 Å². The van der Waals surface area contributed by atoms with Crippen LogP contribution in [-0.2, 0) is 27.1 Å². The second-order valence-corrected chi connectivity index (χ2v) is 15.6. The number of benzene rings is 2. The number of anilines is 2. The standard InChI is InChI=1S/C39H41F4N9O7S/c1-38(2,58)21-51-19-22(17-46-51)33-27(39(41,42)43)18-45-37(50-33)48-29-10-8-24(16-28(29)40)60-47-14-6-4-3-5-13-44-32(54)20-59-23-7-9-25-26(15-23)36(57)52(35(25)56)30-11-12-31(53)49-34(30)55/h7-10,15-19,30,47,58H,3-6,11-14,20-21H2,1-2H3,(H,44,54)(H,45,48,50)(H,49,53,55). The van der Waals surface area contributed by atoms with Gasteiger partial charge in [-0.25, -0.2) is 14.4 Å². The van der Waals surface area contributed by atoms with Crippen molar-refractivity contribution in [3.8, 4) is 17.0 Å². The van der Waals surface area contributed by atoms with Gasteiger partial charge in [0.2, 0.25) is 17.8 Å². The predicted octanol–water partition coefficient (Wildman–Crippen LogP) is 4.77. The van der Waals surface area contributed by atoms with Crippen molar-refractivity contribution in [2.45, 2.75) is 81.6 Å². The van der Waals surface area contributed by atoms with E-state index < -0.39 is 58.5 Å². The lowest BCUT2D eigenvalue weighted by Crippen LogP contribution is -2.54. The number of aromatic nitrogens is 4. The molecule has 2 aromatic carbocycles. The fourth-order valence-corrected chi connectivity index (χ4v) is 7.11. The summed E-state index contributed by atoms with van der Waals surface area (Å²) in [5.41, 5.74) is -2.56. The highest BCUT2D eigenvalue weighted by atomic mass is 32.2. The monoisotopic (exact) mass is 855 g/mol. The first kappa shape index (κ1) is 43.6. The summed E-state index contributed by atoms with van der Waals surface area (Å²) in [6, 6.07) is 7.44. The summed E-state index contributed by atoms with van der Waals surface area (Å²) in [4.78, 5) is 71.1. The Kier molecular flexibility index (Phi) is 13.5. The van der Waals surface area contributed by atoms with Crippen molar-refractivity contribution in [1.82, 2.24) is 40.0 Å². The van der Waals surface area contributed by atoms with E-state index in [2.05, 4.69) is 35.7 Å². The van der Waals surface area contributed by atoms with Crippen LogP contribution in [-0.4, -0.2) is 90.6 Å². The number of carbonyl (C=O) groups is 5. The van der Waals surface area contributed by atoms with E-state index in [0.717, 1.165) is 24.2 Å². The fraction of sp³-hybridized carbons (Fsp3) is 0.385. The van der Waals surface area contributed by atoms with Gasteiger partial charge in [0, 0.05) is 42.4 Å². The third kappa shape index (κ3) is 11.0. The average Bonchev–Trinajstić information content (AvgIpc) is 3.73. The van der Waals surface area contributed by atoms with Crippen LogP contribution >= 0.6 is 11.9 Å². The van der Waals surface area contributed by atoms with Gasteiger partial charge in [-0.05, 0) is 81.5 Å². The average molecular weight is 856 g/mol. The van der Waals surface area contributed by atoms with Gasteiger partial charge in [-0.2, -0.15) is 18.3 Å². The number of unbranched alkanes of at least 4 members (excludes halogenated alkanes) is 3. The lowest BCUT2D eigenvalue weighted by molar-refractivity contribution is -0.138. The lowest BCUT2D eigenvalue weighted by Gasteiger charge is -2.27.